The number of benzene rings is 7. The van der Waals surface area contributed by atoms with Crippen molar-refractivity contribution in [1.29, 1.82) is 0 Å². The van der Waals surface area contributed by atoms with Crippen LogP contribution in [0.4, 0.5) is 11.4 Å². The average Bonchev–Trinajstić information content (AvgIpc) is 3.39. The predicted octanol–water partition coefficient (Wildman–Crippen LogP) is 10.1. The molecule has 0 unspecified atom stereocenters. The summed E-state index contributed by atoms with van der Waals surface area (Å²) in [5, 5.41) is 45.8. The number of methoxy groups -OCH3 is 2. The number of ether oxygens (including phenoxy) is 2. The van der Waals surface area contributed by atoms with Crippen LogP contribution in [-0.2, 0) is 19.2 Å². The number of carbonyl (C=O) groups excluding carboxylic acids is 8. The lowest BCUT2D eigenvalue weighted by molar-refractivity contribution is -0.122. The molecule has 0 fully saturated rings. The van der Waals surface area contributed by atoms with Crippen LogP contribution in [0.3, 0.4) is 0 Å². The summed E-state index contributed by atoms with van der Waals surface area (Å²) in [5.74, 6) is -2.77. The summed E-state index contributed by atoms with van der Waals surface area (Å²) in [6.45, 7) is 2.69. The number of amides is 2. The van der Waals surface area contributed by atoms with E-state index in [1.54, 1.807) is 78.9 Å². The minimum Gasteiger partial charge on any atom is -0.507 e. The van der Waals surface area contributed by atoms with Crippen LogP contribution in [0.1, 0.15) is 85.7 Å². The fourth-order valence-electron chi connectivity index (χ4n) is 7.02. The molecule has 0 aliphatic carbocycles. The van der Waals surface area contributed by atoms with Gasteiger partial charge in [0.1, 0.15) is 11.5 Å². The van der Waals surface area contributed by atoms with Crippen LogP contribution in [0, 0.1) is 0 Å². The molecule has 382 valence electrons. The normalized spacial score (nSPS) is 10.6. The van der Waals surface area contributed by atoms with Crippen LogP contribution < -0.4 is 20.1 Å². The Morgan fingerprint density at radius 2 is 0.853 bits per heavy atom. The quantitative estimate of drug-likeness (QED) is 0.0202. The van der Waals surface area contributed by atoms with Gasteiger partial charge in [-0.1, -0.05) is 91.0 Å². The van der Waals surface area contributed by atoms with Crippen molar-refractivity contribution < 1.29 is 68.3 Å². The number of rotatable bonds is 18. The molecule has 0 saturated carbocycles. The van der Waals surface area contributed by atoms with Gasteiger partial charge in [-0.15, -0.1) is 0 Å². The second kappa shape index (κ2) is 27.0. The number of allylic oxidation sites excluding steroid dienone is 2. The molecule has 0 spiro atoms. The smallest absolute Gasteiger partial charge is 0.221 e. The Hall–Kier alpha value is -9.96. The molecule has 0 aromatic heterocycles. The number of hydrogen-bond acceptors (Lipinski definition) is 14. The van der Waals surface area contributed by atoms with Gasteiger partial charge in [-0.2, -0.15) is 0 Å². The SMILES string of the molecule is CC(=O)Nc1ccc(O)c(C(=O)CC(=O)c2ccc3ccccc3c2)c1.CC(=O)Nc1ccc(O)c(C(=O)CC(=O)c2ccccc2)c1.COc1cc(/C=C/C(=O)CC(=O)/C=C/c2ccc(O)c(OC)c2)ccc1O. The maximum atomic E-state index is 12.5. The Bertz CT molecular complexity index is 3270. The maximum absolute atomic E-state index is 12.5. The Balaban J connectivity index is 0.000000209. The van der Waals surface area contributed by atoms with Crippen LogP contribution in [0.15, 0.2) is 158 Å². The third-order valence-electron chi connectivity index (χ3n) is 10.7. The minimum atomic E-state index is -0.507. The standard InChI is InChI=1S/C21H17NO4.C21H20O6.C17H15NO4/c1-13(23)22-17-8-9-19(24)18(11-17)21(26)12-20(25)16-7-6-14-4-2-3-5-15(14)10-16;1-26-20-11-14(5-9-18(20)24)3-7-16(22)13-17(23)8-4-15-6-10-19(25)21(12-15)27-2;1-11(19)18-13-7-8-15(20)14(9-13)17(22)10-16(21)12-5-3-2-4-6-12/h2-11,24H,12H2,1H3,(H,22,23);3-12,24-25H,13H2,1-2H3;2-9,20H,10H2,1H3,(H,18,19)/b;7-3+,8-4+;. The molecule has 7 aromatic carbocycles. The van der Waals surface area contributed by atoms with E-state index in [4.69, 9.17) is 9.47 Å². The first-order valence-electron chi connectivity index (χ1n) is 22.9. The molecule has 16 nitrogen and oxygen atoms in total. The molecule has 0 bridgehead atoms. The van der Waals surface area contributed by atoms with E-state index in [1.165, 1.54) is 88.8 Å². The molecule has 0 radical (unpaired) electrons. The highest BCUT2D eigenvalue weighted by molar-refractivity contribution is 6.16. The van der Waals surface area contributed by atoms with Gasteiger partial charge in [0.25, 0.3) is 0 Å². The van der Waals surface area contributed by atoms with E-state index in [-0.39, 0.29) is 88.3 Å². The Morgan fingerprint density at radius 3 is 1.31 bits per heavy atom. The monoisotopic (exact) mass is 1010 g/mol. The van der Waals surface area contributed by atoms with Gasteiger partial charge in [0.15, 0.2) is 57.7 Å². The van der Waals surface area contributed by atoms with Gasteiger partial charge in [-0.25, -0.2) is 0 Å². The zero-order valence-corrected chi connectivity index (χ0v) is 41.2. The number of carbonyl (C=O) groups is 8. The lowest BCUT2D eigenvalue weighted by Crippen LogP contribution is -2.10. The third kappa shape index (κ3) is 17.1. The molecule has 0 aliphatic heterocycles. The van der Waals surface area contributed by atoms with Gasteiger partial charge in [-0.3, -0.25) is 38.4 Å². The van der Waals surface area contributed by atoms with Crippen molar-refractivity contribution in [2.75, 3.05) is 24.9 Å². The zero-order valence-electron chi connectivity index (χ0n) is 41.2. The number of hydrogen-bond donors (Lipinski definition) is 6. The van der Waals surface area contributed by atoms with E-state index < -0.39 is 11.6 Å². The summed E-state index contributed by atoms with van der Waals surface area (Å²) >= 11 is 0. The van der Waals surface area contributed by atoms with Crippen LogP contribution in [0.2, 0.25) is 0 Å². The van der Waals surface area contributed by atoms with Gasteiger partial charge >= 0.3 is 0 Å². The molecule has 6 N–H and O–H groups in total. The molecule has 0 heterocycles. The molecule has 0 aliphatic rings. The number of aromatic hydroxyl groups is 4. The largest absolute Gasteiger partial charge is 0.507 e. The number of Topliss-reactive ketones (excluding diaryl/α,β-unsaturated/α-hetero) is 4. The number of phenols is 4. The highest BCUT2D eigenvalue weighted by Gasteiger charge is 2.19. The Kier molecular flexibility index (Phi) is 20.2. The molecule has 7 aromatic rings. The first-order valence-corrected chi connectivity index (χ1v) is 22.9. The van der Waals surface area contributed by atoms with Crippen LogP contribution in [0.5, 0.6) is 34.5 Å². The van der Waals surface area contributed by atoms with Gasteiger partial charge in [-0.05, 0) is 101 Å². The number of anilines is 2. The van der Waals surface area contributed by atoms with E-state index in [9.17, 15) is 58.8 Å². The maximum Gasteiger partial charge on any atom is 0.221 e. The topological polar surface area (TPSA) is 260 Å². The fourth-order valence-corrected chi connectivity index (χ4v) is 7.02. The van der Waals surface area contributed by atoms with Gasteiger partial charge < -0.3 is 40.5 Å². The lowest BCUT2D eigenvalue weighted by atomic mass is 9.98. The Morgan fingerprint density at radius 1 is 0.427 bits per heavy atom. The van der Waals surface area contributed by atoms with Crippen molar-refractivity contribution in [2.45, 2.75) is 33.1 Å². The van der Waals surface area contributed by atoms with Crippen molar-refractivity contribution in [2.24, 2.45) is 0 Å². The van der Waals surface area contributed by atoms with Crippen LogP contribution in [0.25, 0.3) is 22.9 Å². The molecule has 16 heteroatoms. The van der Waals surface area contributed by atoms with Crippen molar-refractivity contribution >= 4 is 80.8 Å². The number of nitrogens with one attached hydrogen (secondary N) is 2. The third-order valence-corrected chi connectivity index (χ3v) is 10.7. The predicted molar refractivity (Wildman–Crippen MR) is 284 cm³/mol. The van der Waals surface area contributed by atoms with Gasteiger partial charge in [0, 0.05) is 36.3 Å². The number of phenolic OH excluding ortho intramolecular Hbond substituents is 4. The van der Waals surface area contributed by atoms with E-state index >= 15 is 0 Å². The summed E-state index contributed by atoms with van der Waals surface area (Å²) in [5.41, 5.74) is 3.00. The van der Waals surface area contributed by atoms with Crippen LogP contribution >= 0.6 is 0 Å². The lowest BCUT2D eigenvalue weighted by Gasteiger charge is -2.08. The summed E-state index contributed by atoms with van der Waals surface area (Å²) in [4.78, 5) is 95.2. The average molecular weight is 1010 g/mol. The molecule has 2 amide bonds. The highest BCUT2D eigenvalue weighted by atomic mass is 16.5. The Labute approximate surface area is 431 Å². The number of ketones is 6. The molecule has 0 atom stereocenters. The van der Waals surface area contributed by atoms with Crippen molar-refractivity contribution in [3.8, 4) is 34.5 Å². The van der Waals surface area contributed by atoms with Crippen molar-refractivity contribution in [3.05, 3.63) is 191 Å². The fraction of sp³-hybridized carbons (Fsp3) is 0.119. The molecule has 75 heavy (non-hydrogen) atoms. The molecular formula is C59H52N2O14. The van der Waals surface area contributed by atoms with E-state index in [0.29, 0.717) is 45.1 Å². The molecular weight excluding hydrogens is 961 g/mol. The minimum absolute atomic E-state index is 0.00499. The van der Waals surface area contributed by atoms with Crippen LogP contribution in [-0.4, -0.2) is 81.2 Å². The summed E-state index contributed by atoms with van der Waals surface area (Å²) in [6, 6.07) is 39.0. The summed E-state index contributed by atoms with van der Waals surface area (Å²) in [6.07, 6.45) is 4.73. The first kappa shape index (κ1) is 56.0. The van der Waals surface area contributed by atoms with E-state index in [2.05, 4.69) is 10.6 Å². The van der Waals surface area contributed by atoms with Crippen molar-refractivity contribution in [1.82, 2.24) is 0 Å². The van der Waals surface area contributed by atoms with Gasteiger partial charge in [0.05, 0.1) is 44.6 Å². The second-order valence-corrected chi connectivity index (χ2v) is 16.4. The molecule has 0 saturated heterocycles. The van der Waals surface area contributed by atoms with Crippen molar-refractivity contribution in [3.63, 3.8) is 0 Å². The first-order chi connectivity index (χ1) is 35.8. The van der Waals surface area contributed by atoms with E-state index in [0.717, 1.165) is 10.8 Å². The summed E-state index contributed by atoms with van der Waals surface area (Å²) < 4.78 is 10.00. The zero-order chi connectivity index (χ0) is 54.6. The highest BCUT2D eigenvalue weighted by Crippen LogP contribution is 2.29. The molecule has 7 rings (SSSR count). The van der Waals surface area contributed by atoms with Gasteiger partial charge in [0.2, 0.25) is 11.8 Å². The second-order valence-electron chi connectivity index (χ2n) is 16.4. The summed E-state index contributed by atoms with van der Waals surface area (Å²) in [7, 11) is 2.87. The van der Waals surface area contributed by atoms with E-state index in [1.807, 2.05) is 30.3 Å². The number of fused-ring (bicyclic) bond motifs is 1.